The van der Waals surface area contributed by atoms with Gasteiger partial charge in [-0.1, -0.05) is 0 Å². The number of ketones is 1. The average Bonchev–Trinajstić information content (AvgIpc) is 2.83. The summed E-state index contributed by atoms with van der Waals surface area (Å²) >= 11 is 1.42. The van der Waals surface area contributed by atoms with Gasteiger partial charge in [-0.25, -0.2) is 4.39 Å². The molecule has 20 heavy (non-hydrogen) atoms. The van der Waals surface area contributed by atoms with Gasteiger partial charge in [0, 0.05) is 23.1 Å². The van der Waals surface area contributed by atoms with Crippen molar-refractivity contribution in [2.24, 2.45) is 0 Å². The summed E-state index contributed by atoms with van der Waals surface area (Å²) in [5.41, 5.74) is 2.74. The molecule has 2 heterocycles. The molecule has 1 aromatic heterocycles. The van der Waals surface area contributed by atoms with Crippen LogP contribution in [0.3, 0.4) is 0 Å². The van der Waals surface area contributed by atoms with Crippen LogP contribution in [0.5, 0.6) is 0 Å². The molecule has 0 bridgehead atoms. The summed E-state index contributed by atoms with van der Waals surface area (Å²) < 4.78 is 14.1. The van der Waals surface area contributed by atoms with Gasteiger partial charge in [0.05, 0.1) is 5.56 Å². The fourth-order valence-corrected chi connectivity index (χ4v) is 3.14. The smallest absolute Gasteiger partial charge is 0.224 e. The van der Waals surface area contributed by atoms with E-state index in [1.807, 2.05) is 12.3 Å². The van der Waals surface area contributed by atoms with E-state index in [1.165, 1.54) is 17.4 Å². The van der Waals surface area contributed by atoms with E-state index >= 15 is 0 Å². The molecule has 1 aromatic carbocycles. The number of rotatable bonds is 2. The Labute approximate surface area is 119 Å². The number of halogens is 1. The van der Waals surface area contributed by atoms with Crippen LogP contribution >= 0.6 is 11.3 Å². The number of thiophene rings is 1. The molecular formula is C15H12FNO2S. The highest BCUT2D eigenvalue weighted by Crippen LogP contribution is 2.28. The molecule has 1 aliphatic heterocycles. The summed E-state index contributed by atoms with van der Waals surface area (Å²) in [5.74, 6) is -1.02. The maximum Gasteiger partial charge on any atom is 0.224 e. The first kappa shape index (κ1) is 13.0. The summed E-state index contributed by atoms with van der Waals surface area (Å²) in [7, 11) is 0. The first-order valence-corrected chi connectivity index (χ1v) is 7.20. The van der Waals surface area contributed by atoms with Gasteiger partial charge in [0.1, 0.15) is 5.82 Å². The quantitative estimate of drug-likeness (QED) is 0.862. The predicted octanol–water partition coefficient (Wildman–Crippen LogP) is 3.31. The lowest BCUT2D eigenvalue weighted by Crippen LogP contribution is -2.20. The molecule has 0 saturated heterocycles. The molecule has 5 heteroatoms. The Balaban J connectivity index is 2.05. The van der Waals surface area contributed by atoms with Crippen LogP contribution < -0.4 is 5.32 Å². The van der Waals surface area contributed by atoms with Gasteiger partial charge in [-0.15, -0.1) is 0 Å². The van der Waals surface area contributed by atoms with Crippen molar-refractivity contribution in [2.45, 2.75) is 19.8 Å². The Morgan fingerprint density at radius 3 is 2.75 bits per heavy atom. The molecule has 0 fully saturated rings. The van der Waals surface area contributed by atoms with Gasteiger partial charge in [-0.05, 0) is 42.0 Å². The number of benzene rings is 1. The van der Waals surface area contributed by atoms with E-state index in [4.69, 9.17) is 0 Å². The van der Waals surface area contributed by atoms with Crippen molar-refractivity contribution >= 4 is 28.7 Å². The zero-order valence-corrected chi connectivity index (χ0v) is 11.6. The average molecular weight is 289 g/mol. The van der Waals surface area contributed by atoms with Crippen LogP contribution in [0.1, 0.15) is 33.5 Å². The maximum absolute atomic E-state index is 14.1. The first-order chi connectivity index (χ1) is 9.56. The molecule has 1 aliphatic rings. The molecule has 3 nitrogen and oxygen atoms in total. The monoisotopic (exact) mass is 289 g/mol. The van der Waals surface area contributed by atoms with Crippen molar-refractivity contribution in [3.63, 3.8) is 0 Å². The molecular weight excluding hydrogens is 277 g/mol. The van der Waals surface area contributed by atoms with Gasteiger partial charge in [-0.3, -0.25) is 9.59 Å². The second-order valence-corrected chi connectivity index (χ2v) is 5.58. The highest BCUT2D eigenvalue weighted by molar-refractivity contribution is 7.08. The third kappa shape index (κ3) is 2.14. The summed E-state index contributed by atoms with van der Waals surface area (Å²) in [6.45, 7) is 1.83. The van der Waals surface area contributed by atoms with Crippen molar-refractivity contribution < 1.29 is 14.0 Å². The lowest BCUT2D eigenvalue weighted by atomic mass is 9.96. The van der Waals surface area contributed by atoms with E-state index in [0.29, 0.717) is 24.1 Å². The molecule has 0 aliphatic carbocycles. The van der Waals surface area contributed by atoms with Crippen molar-refractivity contribution in [1.29, 1.82) is 0 Å². The predicted molar refractivity (Wildman–Crippen MR) is 75.8 cm³/mol. The topological polar surface area (TPSA) is 46.2 Å². The van der Waals surface area contributed by atoms with Crippen molar-refractivity contribution in [2.75, 3.05) is 5.32 Å². The maximum atomic E-state index is 14.1. The Hall–Kier alpha value is -2.01. The van der Waals surface area contributed by atoms with Crippen LogP contribution in [0.25, 0.3) is 0 Å². The van der Waals surface area contributed by atoms with Crippen LogP contribution in [-0.2, 0) is 11.2 Å². The molecule has 3 rings (SSSR count). The van der Waals surface area contributed by atoms with E-state index in [-0.39, 0.29) is 17.3 Å². The number of hydrogen-bond donors (Lipinski definition) is 1. The standard InChI is InChI=1S/C15H12FNO2S/c1-8-6-20-7-11(8)15(19)10-4-9-2-3-14(18)17-13(9)5-12(10)16/h4-7H,2-3H2,1H3,(H,17,18). The second kappa shape index (κ2) is 4.83. The first-order valence-electron chi connectivity index (χ1n) is 6.26. The fourth-order valence-electron chi connectivity index (χ4n) is 2.31. The molecule has 1 N–H and O–H groups in total. The van der Waals surface area contributed by atoms with Crippen LogP contribution in [0.15, 0.2) is 22.9 Å². The van der Waals surface area contributed by atoms with Gasteiger partial charge >= 0.3 is 0 Å². The zero-order chi connectivity index (χ0) is 14.3. The highest BCUT2D eigenvalue weighted by Gasteiger charge is 2.22. The van der Waals surface area contributed by atoms with Crippen LogP contribution in [0.4, 0.5) is 10.1 Å². The van der Waals surface area contributed by atoms with E-state index in [2.05, 4.69) is 5.32 Å². The minimum absolute atomic E-state index is 0.0707. The number of amides is 1. The third-order valence-electron chi connectivity index (χ3n) is 3.43. The highest BCUT2D eigenvalue weighted by atomic mass is 32.1. The van der Waals surface area contributed by atoms with Crippen molar-refractivity contribution in [3.8, 4) is 0 Å². The molecule has 0 atom stereocenters. The number of carbonyl (C=O) groups excluding carboxylic acids is 2. The third-order valence-corrected chi connectivity index (χ3v) is 4.29. The van der Waals surface area contributed by atoms with Gasteiger partial charge in [0.15, 0.2) is 5.78 Å². The zero-order valence-electron chi connectivity index (χ0n) is 10.8. The van der Waals surface area contributed by atoms with Gasteiger partial charge in [0.25, 0.3) is 0 Å². The molecule has 0 spiro atoms. The number of carbonyl (C=O) groups is 2. The normalized spacial score (nSPS) is 13.8. The van der Waals surface area contributed by atoms with Crippen molar-refractivity contribution in [3.05, 3.63) is 51.0 Å². The van der Waals surface area contributed by atoms with E-state index in [1.54, 1.807) is 11.4 Å². The van der Waals surface area contributed by atoms with Crippen molar-refractivity contribution in [1.82, 2.24) is 0 Å². The SMILES string of the molecule is Cc1cscc1C(=O)c1cc2c(cc1F)NC(=O)CC2. The van der Waals surface area contributed by atoms with Gasteiger partial charge in [-0.2, -0.15) is 11.3 Å². The lowest BCUT2D eigenvalue weighted by Gasteiger charge is -2.18. The number of fused-ring (bicyclic) bond motifs is 1. The van der Waals surface area contributed by atoms with E-state index < -0.39 is 5.82 Å². The largest absolute Gasteiger partial charge is 0.326 e. The number of hydrogen-bond acceptors (Lipinski definition) is 3. The molecule has 0 unspecified atom stereocenters. The summed E-state index contributed by atoms with van der Waals surface area (Å²) in [6, 6.07) is 2.80. The number of nitrogens with one attached hydrogen (secondary N) is 1. The molecule has 2 aromatic rings. The minimum atomic E-state index is -0.596. The Kier molecular flexibility index (Phi) is 3.14. The molecule has 0 radical (unpaired) electrons. The molecule has 102 valence electrons. The second-order valence-electron chi connectivity index (χ2n) is 4.83. The summed E-state index contributed by atoms with van der Waals surface area (Å²) in [6.07, 6.45) is 0.897. The summed E-state index contributed by atoms with van der Waals surface area (Å²) in [4.78, 5) is 23.7. The Morgan fingerprint density at radius 2 is 2.05 bits per heavy atom. The van der Waals surface area contributed by atoms with Crippen LogP contribution in [0, 0.1) is 12.7 Å². The number of aryl methyl sites for hydroxylation is 2. The molecule has 1 amide bonds. The van der Waals surface area contributed by atoms with E-state index in [9.17, 15) is 14.0 Å². The number of anilines is 1. The summed E-state index contributed by atoms with van der Waals surface area (Å²) in [5, 5.41) is 6.22. The Morgan fingerprint density at radius 1 is 1.25 bits per heavy atom. The minimum Gasteiger partial charge on any atom is -0.326 e. The lowest BCUT2D eigenvalue weighted by molar-refractivity contribution is -0.116. The van der Waals surface area contributed by atoms with Gasteiger partial charge < -0.3 is 5.32 Å². The fraction of sp³-hybridized carbons (Fsp3) is 0.200. The Bertz CT molecular complexity index is 721. The van der Waals surface area contributed by atoms with Gasteiger partial charge in [0.2, 0.25) is 5.91 Å². The molecule has 0 saturated carbocycles. The van der Waals surface area contributed by atoms with E-state index in [0.717, 1.165) is 11.1 Å². The van der Waals surface area contributed by atoms with Crippen LogP contribution in [-0.4, -0.2) is 11.7 Å². The van der Waals surface area contributed by atoms with Crippen LogP contribution in [0.2, 0.25) is 0 Å².